The van der Waals surface area contributed by atoms with E-state index < -0.39 is 56.9 Å². The number of alkyl halides is 2. The van der Waals surface area contributed by atoms with Gasteiger partial charge in [0.25, 0.3) is 21.6 Å². The van der Waals surface area contributed by atoms with E-state index in [-0.39, 0.29) is 42.1 Å². The number of nitrogens with zero attached hydrogens (tertiary/aromatic N) is 5. The molecule has 1 atom stereocenters. The van der Waals surface area contributed by atoms with E-state index in [4.69, 9.17) is 21.1 Å². The Morgan fingerprint density at radius 2 is 1.82 bits per heavy atom. The number of nitro groups is 1. The van der Waals surface area contributed by atoms with Gasteiger partial charge < -0.3 is 24.7 Å². The number of H-pyrrole nitrogens is 1. The molecule has 0 spiro atoms. The van der Waals surface area contributed by atoms with Gasteiger partial charge >= 0.3 is 0 Å². The first-order valence-electron chi connectivity index (χ1n) is 21.9. The zero-order valence-corrected chi connectivity index (χ0v) is 38.3. The number of aromatic nitrogens is 2. The lowest BCUT2D eigenvalue weighted by Gasteiger charge is -2.39. The Balaban J connectivity index is 0.984. The van der Waals surface area contributed by atoms with Crippen LogP contribution in [0.3, 0.4) is 0 Å². The molecule has 1 unspecified atom stereocenters. The Labute approximate surface area is 387 Å². The van der Waals surface area contributed by atoms with Gasteiger partial charge in [-0.3, -0.25) is 24.7 Å². The van der Waals surface area contributed by atoms with Gasteiger partial charge in [0.2, 0.25) is 0 Å². The molecule has 0 bridgehead atoms. The van der Waals surface area contributed by atoms with Crippen molar-refractivity contribution in [3.63, 3.8) is 0 Å². The van der Waals surface area contributed by atoms with Gasteiger partial charge in [0.1, 0.15) is 36.2 Å². The van der Waals surface area contributed by atoms with Crippen LogP contribution in [-0.2, 0) is 14.8 Å². The second kappa shape index (κ2) is 20.1. The number of amides is 1. The fourth-order valence-corrected chi connectivity index (χ4v) is 9.96. The Hall–Kier alpha value is -5.66. The molecule has 0 saturated carbocycles. The smallest absolute Gasteiger partial charge is 0.293 e. The molecule has 66 heavy (non-hydrogen) atoms. The van der Waals surface area contributed by atoms with Crippen molar-refractivity contribution in [2.24, 2.45) is 5.41 Å². The summed E-state index contributed by atoms with van der Waals surface area (Å²) in [5.41, 5.74) is 5.01. The van der Waals surface area contributed by atoms with Gasteiger partial charge in [0.05, 0.1) is 40.3 Å². The van der Waals surface area contributed by atoms with Gasteiger partial charge in [-0.15, -0.1) is 0 Å². The Morgan fingerprint density at radius 1 is 1.05 bits per heavy atom. The predicted molar refractivity (Wildman–Crippen MR) is 251 cm³/mol. The van der Waals surface area contributed by atoms with Crippen LogP contribution in [-0.4, -0.2) is 123 Å². The molecule has 8 rings (SSSR count). The van der Waals surface area contributed by atoms with Gasteiger partial charge in [-0.25, -0.2) is 26.9 Å². The van der Waals surface area contributed by atoms with Crippen LogP contribution in [0.15, 0.2) is 95.7 Å². The van der Waals surface area contributed by atoms with E-state index in [1.54, 1.807) is 29.3 Å². The third-order valence-electron chi connectivity index (χ3n) is 12.6. The quantitative estimate of drug-likeness (QED) is 0.0640. The third-order valence-corrected chi connectivity index (χ3v) is 14.2. The summed E-state index contributed by atoms with van der Waals surface area (Å²) in [5.74, 6) is -0.613. The number of hydrogen-bond acceptors (Lipinski definition) is 12. The number of fused-ring (bicyclic) bond motifs is 1. The highest BCUT2D eigenvalue weighted by Gasteiger charge is 2.31. The van der Waals surface area contributed by atoms with Crippen molar-refractivity contribution in [3.05, 3.63) is 117 Å². The van der Waals surface area contributed by atoms with Crippen molar-refractivity contribution in [2.45, 2.75) is 50.2 Å². The van der Waals surface area contributed by atoms with E-state index in [2.05, 4.69) is 55.8 Å². The van der Waals surface area contributed by atoms with Crippen LogP contribution >= 0.6 is 11.6 Å². The van der Waals surface area contributed by atoms with E-state index >= 15 is 0 Å². The Morgan fingerprint density at radius 3 is 2.56 bits per heavy atom. The highest BCUT2D eigenvalue weighted by atomic mass is 35.5. The molecule has 19 heteroatoms. The number of aromatic amines is 1. The van der Waals surface area contributed by atoms with Crippen molar-refractivity contribution < 1.29 is 36.4 Å². The minimum atomic E-state index is -4.66. The van der Waals surface area contributed by atoms with E-state index in [0.29, 0.717) is 36.1 Å². The maximum Gasteiger partial charge on any atom is 0.293 e. The summed E-state index contributed by atoms with van der Waals surface area (Å²) in [6.07, 6.45) is 5.83. The number of ether oxygens (including phenoxy) is 2. The maximum atomic E-state index is 14.0. The number of benzene rings is 3. The molecule has 2 aromatic heterocycles. The molecule has 2 saturated heterocycles. The fraction of sp³-hybridized carbons (Fsp3) is 0.404. The predicted octanol–water partition coefficient (Wildman–Crippen LogP) is 8.24. The molecule has 350 valence electrons. The van der Waals surface area contributed by atoms with E-state index in [1.165, 1.54) is 35.0 Å². The standard InChI is InChI=1S/C47H53ClF2N8O7S/c1-47(2)13-11-33(41(24-47)31-3-5-34(48)6-4-31)29-55-15-17-56(18-16-55)35-7-9-40(44(22-35)65-37-21-32-12-14-51-45(32)53-27-37)46(59)54-66(62,63)39-8-10-42(43(23-39)58(60)61)52-28-38-30-57(19-20-64-38)36(25-49)26-50/h3-10,12,14,21-23,27,36,38,52H,11,13,15-20,24-26,28-30H2,1-2H3,(H,51,53)(H,54,59). The van der Waals surface area contributed by atoms with Crippen molar-refractivity contribution >= 4 is 61.2 Å². The lowest BCUT2D eigenvalue weighted by atomic mass is 9.72. The molecule has 3 aromatic carbocycles. The third kappa shape index (κ3) is 11.0. The van der Waals surface area contributed by atoms with Crippen LogP contribution in [0.25, 0.3) is 16.6 Å². The molecule has 4 heterocycles. The van der Waals surface area contributed by atoms with Gasteiger partial charge in [-0.1, -0.05) is 43.2 Å². The molecule has 3 aliphatic rings. The van der Waals surface area contributed by atoms with E-state index in [9.17, 15) is 32.1 Å². The molecule has 5 aromatic rings. The normalized spacial score (nSPS) is 18.5. The summed E-state index contributed by atoms with van der Waals surface area (Å²) in [6, 6.07) is 19.0. The lowest BCUT2D eigenvalue weighted by molar-refractivity contribution is -0.384. The van der Waals surface area contributed by atoms with Gasteiger partial charge in [-0.2, -0.15) is 0 Å². The molecular formula is C47H53ClF2N8O7S. The molecular weight excluding hydrogens is 894 g/mol. The Kier molecular flexibility index (Phi) is 14.2. The topological polar surface area (TPSA) is 175 Å². The first kappa shape index (κ1) is 46.9. The summed E-state index contributed by atoms with van der Waals surface area (Å²) in [4.78, 5) is 38.6. The number of carbonyl (C=O) groups is 1. The van der Waals surface area contributed by atoms with Crippen LogP contribution in [0.5, 0.6) is 11.5 Å². The van der Waals surface area contributed by atoms with Crippen LogP contribution in [0.1, 0.15) is 49.0 Å². The SMILES string of the molecule is CC1(C)CCC(CN2CCN(c3ccc(C(=O)NS(=O)(=O)c4ccc(NCC5CN(C(CF)CF)CCO5)c([N+](=O)[O-])c4)c(Oc4cnc5[nH]ccc5c4)c3)CC2)=C(c2ccc(Cl)cc2)C1. The van der Waals surface area contributed by atoms with Gasteiger partial charge in [0, 0.05) is 86.8 Å². The number of carbonyl (C=O) groups excluding carboxylic acids is 1. The molecule has 2 fully saturated rings. The number of nitrogens with one attached hydrogen (secondary N) is 3. The Bertz CT molecular complexity index is 2710. The average Bonchev–Trinajstić information content (AvgIpc) is 3.78. The number of sulfonamides is 1. The number of hydrogen-bond donors (Lipinski definition) is 3. The van der Waals surface area contributed by atoms with Crippen molar-refractivity contribution in [1.82, 2.24) is 24.5 Å². The van der Waals surface area contributed by atoms with E-state index in [1.807, 2.05) is 18.2 Å². The summed E-state index contributed by atoms with van der Waals surface area (Å²) < 4.78 is 68.2. The molecule has 1 aliphatic carbocycles. The second-order valence-electron chi connectivity index (χ2n) is 17.8. The zero-order valence-electron chi connectivity index (χ0n) is 36.8. The number of piperazine rings is 1. The summed E-state index contributed by atoms with van der Waals surface area (Å²) in [6.45, 7) is 7.56. The largest absolute Gasteiger partial charge is 0.455 e. The van der Waals surface area contributed by atoms with Crippen LogP contribution in [0, 0.1) is 15.5 Å². The molecule has 0 radical (unpaired) electrons. The zero-order chi connectivity index (χ0) is 46.6. The minimum Gasteiger partial charge on any atom is -0.455 e. The number of allylic oxidation sites excluding steroid dienone is 1. The molecule has 1 amide bonds. The van der Waals surface area contributed by atoms with Crippen molar-refractivity contribution in [1.29, 1.82) is 0 Å². The van der Waals surface area contributed by atoms with Crippen molar-refractivity contribution in [2.75, 3.05) is 82.5 Å². The first-order valence-corrected chi connectivity index (χ1v) is 23.8. The van der Waals surface area contributed by atoms with Crippen molar-refractivity contribution in [3.8, 4) is 11.5 Å². The number of rotatable bonds is 16. The second-order valence-corrected chi connectivity index (χ2v) is 19.9. The average molecular weight is 948 g/mol. The van der Waals surface area contributed by atoms with E-state index in [0.717, 1.165) is 62.1 Å². The van der Waals surface area contributed by atoms with Gasteiger partial charge in [0.15, 0.2) is 0 Å². The molecule has 15 nitrogen and oxygen atoms in total. The molecule has 3 N–H and O–H groups in total. The number of nitro benzene ring substituents is 1. The van der Waals surface area contributed by atoms with Crippen LogP contribution in [0.4, 0.5) is 25.8 Å². The van der Waals surface area contributed by atoms with Crippen LogP contribution < -0.4 is 19.7 Å². The molecule has 2 aliphatic heterocycles. The number of halogens is 3. The lowest BCUT2D eigenvalue weighted by Crippen LogP contribution is -2.51. The highest BCUT2D eigenvalue weighted by molar-refractivity contribution is 7.90. The first-order chi connectivity index (χ1) is 31.7. The summed E-state index contributed by atoms with van der Waals surface area (Å²) in [7, 11) is -4.66. The minimum absolute atomic E-state index is 0.00329. The highest BCUT2D eigenvalue weighted by Crippen LogP contribution is 2.43. The summed E-state index contributed by atoms with van der Waals surface area (Å²) >= 11 is 6.24. The monoisotopic (exact) mass is 946 g/mol. The maximum absolute atomic E-state index is 14.0. The fourth-order valence-electron chi connectivity index (χ4n) is 8.85. The van der Waals surface area contributed by atoms with Gasteiger partial charge in [-0.05, 0) is 84.3 Å². The number of morpholine rings is 1. The van der Waals surface area contributed by atoms with Crippen LogP contribution in [0.2, 0.25) is 5.02 Å². The number of anilines is 2. The number of pyridine rings is 1. The summed E-state index contributed by atoms with van der Waals surface area (Å²) in [5, 5.41) is 16.6.